The van der Waals surface area contributed by atoms with E-state index < -0.39 is 35.2 Å². The van der Waals surface area contributed by atoms with Crippen molar-refractivity contribution in [3.8, 4) is 23.3 Å². The fraction of sp³-hybridized carbons (Fsp3) is 0.433. The first-order valence-corrected chi connectivity index (χ1v) is 14.6. The Hall–Kier alpha value is -4.22. The lowest BCUT2D eigenvalue weighted by Gasteiger charge is -2.41. The third kappa shape index (κ3) is 6.60. The lowest BCUT2D eigenvalue weighted by atomic mass is 9.99. The number of nitrogens with zero attached hydrogens (tertiary/aromatic N) is 7. The third-order valence-corrected chi connectivity index (χ3v) is 8.51. The molecule has 0 saturated carbocycles. The van der Waals surface area contributed by atoms with Crippen molar-refractivity contribution in [1.29, 1.82) is 5.26 Å². The Labute approximate surface area is 262 Å². The number of alkyl halides is 3. The first kappa shape index (κ1) is 32.2. The number of likely N-dealkylation sites (N-methyl/N-ethyl adjacent to an activating group) is 1. The topological polar surface area (TPSA) is 124 Å². The van der Waals surface area contributed by atoms with Gasteiger partial charge in [-0.25, -0.2) is 9.37 Å². The fourth-order valence-corrected chi connectivity index (χ4v) is 6.21. The van der Waals surface area contributed by atoms with E-state index in [0.29, 0.717) is 11.2 Å². The summed E-state index contributed by atoms with van der Waals surface area (Å²) in [6.45, 7) is 5.97. The molecule has 238 valence electrons. The van der Waals surface area contributed by atoms with Crippen LogP contribution in [0.2, 0.25) is 5.02 Å². The number of aromatic nitrogens is 3. The highest BCUT2D eigenvalue weighted by Crippen LogP contribution is 2.43. The molecule has 1 aromatic carbocycles. The number of hydrogen-bond donors (Lipinski definition) is 1. The highest BCUT2D eigenvalue weighted by molar-refractivity contribution is 6.34. The number of halogens is 5. The van der Waals surface area contributed by atoms with Gasteiger partial charge in [0.1, 0.15) is 18.2 Å². The van der Waals surface area contributed by atoms with Crippen LogP contribution < -0.4 is 15.4 Å². The fourth-order valence-electron chi connectivity index (χ4n) is 5.96. The van der Waals surface area contributed by atoms with Crippen molar-refractivity contribution in [3.63, 3.8) is 0 Å². The smallest absolute Gasteiger partial charge is 0.418 e. The normalized spacial score (nSPS) is 19.2. The zero-order chi connectivity index (χ0) is 32.6. The maximum absolute atomic E-state index is 14.2. The number of hydrogen-bond acceptors (Lipinski definition) is 9. The molecule has 45 heavy (non-hydrogen) atoms. The Bertz CT molecular complexity index is 1700. The maximum atomic E-state index is 14.2. The predicted molar refractivity (Wildman–Crippen MR) is 161 cm³/mol. The number of piperazine rings is 1. The highest BCUT2D eigenvalue weighted by Gasteiger charge is 2.38. The van der Waals surface area contributed by atoms with Gasteiger partial charge in [-0.15, -0.1) is 0 Å². The minimum Gasteiger partial charge on any atom is -0.462 e. The summed E-state index contributed by atoms with van der Waals surface area (Å²) in [7, 11) is 1.99. The number of anilines is 2. The zero-order valence-corrected chi connectivity index (χ0v) is 25.4. The molecule has 0 bridgehead atoms. The number of likely N-dealkylation sites (tertiary alicyclic amines) is 1. The Morgan fingerprint density at radius 1 is 1.20 bits per heavy atom. The summed E-state index contributed by atoms with van der Waals surface area (Å²) in [6.07, 6.45) is -2.89. The number of rotatable bonds is 7. The second-order valence-corrected chi connectivity index (χ2v) is 11.6. The number of benzene rings is 1. The molecule has 15 heteroatoms. The number of nitrogen functional groups attached to an aromatic ring is 1. The number of nitriles is 1. The summed E-state index contributed by atoms with van der Waals surface area (Å²) in [5, 5.41) is 9.78. The minimum atomic E-state index is -4.74. The minimum absolute atomic E-state index is 0.00805. The molecule has 2 atom stereocenters. The van der Waals surface area contributed by atoms with E-state index >= 15 is 0 Å². The van der Waals surface area contributed by atoms with Crippen LogP contribution in [0.1, 0.15) is 30.4 Å². The van der Waals surface area contributed by atoms with Crippen LogP contribution in [0, 0.1) is 18.3 Å². The largest absolute Gasteiger partial charge is 0.462 e. The Morgan fingerprint density at radius 3 is 2.60 bits per heavy atom. The molecule has 10 nitrogen and oxygen atoms in total. The second kappa shape index (κ2) is 12.6. The first-order valence-electron chi connectivity index (χ1n) is 14.2. The summed E-state index contributed by atoms with van der Waals surface area (Å²) in [5.41, 5.74) is 4.55. The van der Waals surface area contributed by atoms with Crippen molar-refractivity contribution in [2.75, 3.05) is 50.5 Å². The van der Waals surface area contributed by atoms with Gasteiger partial charge in [0.15, 0.2) is 5.83 Å². The molecule has 0 aliphatic carbocycles. The van der Waals surface area contributed by atoms with E-state index in [1.165, 1.54) is 24.0 Å². The molecule has 0 radical (unpaired) electrons. The molecule has 2 aromatic heterocycles. The Balaban J connectivity index is 1.63. The molecule has 3 aromatic rings. The van der Waals surface area contributed by atoms with E-state index in [0.717, 1.165) is 25.5 Å². The van der Waals surface area contributed by atoms with E-state index in [-0.39, 0.29) is 72.2 Å². The molecule has 0 spiro atoms. The molecule has 1 unspecified atom stereocenters. The number of fused-ring (bicyclic) bond motifs is 1. The van der Waals surface area contributed by atoms with Crippen LogP contribution in [-0.4, -0.2) is 82.6 Å². The summed E-state index contributed by atoms with van der Waals surface area (Å²) in [5.74, 6) is -1.80. The van der Waals surface area contributed by atoms with Gasteiger partial charge in [0.25, 0.3) is 5.91 Å². The van der Waals surface area contributed by atoms with Crippen LogP contribution in [0.15, 0.2) is 30.6 Å². The number of nitrogens with two attached hydrogens (primary N) is 1. The van der Waals surface area contributed by atoms with Gasteiger partial charge in [0, 0.05) is 36.6 Å². The molecule has 2 fully saturated rings. The average molecular weight is 647 g/mol. The monoisotopic (exact) mass is 646 g/mol. The standard InChI is InChI=1S/C30H31ClF4N8O2/c1-16-11-24(37)39-26(25(16)30(33,34)35)20-13-23-21(12-22(20)31)27(40-29(38-23)45-15-19-5-4-8-41(19)3)42-9-10-43(28(44)17(2)32)18(14-42)6-7-36/h11-13,18-19H,2,4-6,8-10,14-15H2,1,3H3,(H2,37,39)/t18?,19-/m0/s1. The van der Waals surface area contributed by atoms with Gasteiger partial charge < -0.3 is 25.2 Å². The van der Waals surface area contributed by atoms with E-state index in [1.807, 2.05) is 13.1 Å². The highest BCUT2D eigenvalue weighted by atomic mass is 35.5. The molecule has 4 heterocycles. The van der Waals surface area contributed by atoms with Crippen molar-refractivity contribution < 1.29 is 27.1 Å². The molecule has 2 N–H and O–H groups in total. The maximum Gasteiger partial charge on any atom is 0.418 e. The average Bonchev–Trinajstić information content (AvgIpc) is 3.38. The first-order chi connectivity index (χ1) is 21.3. The van der Waals surface area contributed by atoms with Gasteiger partial charge in [-0.1, -0.05) is 18.2 Å². The lowest BCUT2D eigenvalue weighted by Crippen LogP contribution is -2.55. The van der Waals surface area contributed by atoms with Crippen LogP contribution >= 0.6 is 11.6 Å². The van der Waals surface area contributed by atoms with E-state index in [4.69, 9.17) is 22.1 Å². The number of pyridine rings is 1. The molecule has 5 rings (SSSR count). The van der Waals surface area contributed by atoms with Crippen molar-refractivity contribution in [2.45, 2.75) is 44.4 Å². The van der Waals surface area contributed by atoms with Crippen molar-refractivity contribution in [3.05, 3.63) is 46.8 Å². The third-order valence-electron chi connectivity index (χ3n) is 8.20. The van der Waals surface area contributed by atoms with Crippen LogP contribution in [-0.2, 0) is 11.0 Å². The van der Waals surface area contributed by atoms with Gasteiger partial charge in [-0.2, -0.15) is 28.4 Å². The second-order valence-electron chi connectivity index (χ2n) is 11.2. The quantitative estimate of drug-likeness (QED) is 0.274. The number of carbonyl (C=O) groups excluding carboxylic acids is 1. The van der Waals surface area contributed by atoms with Gasteiger partial charge in [0.2, 0.25) is 0 Å². The Morgan fingerprint density at radius 2 is 1.96 bits per heavy atom. The van der Waals surface area contributed by atoms with Gasteiger partial charge in [-0.05, 0) is 57.1 Å². The van der Waals surface area contributed by atoms with Crippen LogP contribution in [0.4, 0.5) is 29.2 Å². The Kier molecular flexibility index (Phi) is 9.04. The van der Waals surface area contributed by atoms with Crippen molar-refractivity contribution in [2.24, 2.45) is 0 Å². The molecular formula is C30H31ClF4N8O2. The van der Waals surface area contributed by atoms with Crippen molar-refractivity contribution >= 4 is 40.0 Å². The summed E-state index contributed by atoms with van der Waals surface area (Å²) >= 11 is 6.65. The van der Waals surface area contributed by atoms with Crippen molar-refractivity contribution in [1.82, 2.24) is 24.8 Å². The zero-order valence-electron chi connectivity index (χ0n) is 24.7. The summed E-state index contributed by atoms with van der Waals surface area (Å²) < 4.78 is 62.4. The van der Waals surface area contributed by atoms with Crippen LogP contribution in [0.25, 0.3) is 22.2 Å². The van der Waals surface area contributed by atoms with Crippen LogP contribution in [0.5, 0.6) is 6.01 Å². The van der Waals surface area contributed by atoms with Gasteiger partial charge >= 0.3 is 12.2 Å². The van der Waals surface area contributed by atoms with E-state index in [2.05, 4.69) is 26.4 Å². The van der Waals surface area contributed by atoms with Gasteiger partial charge in [-0.3, -0.25) is 4.79 Å². The molecule has 2 aliphatic rings. The van der Waals surface area contributed by atoms with E-state index in [9.17, 15) is 27.6 Å². The van der Waals surface area contributed by atoms with E-state index in [1.54, 1.807) is 4.90 Å². The SMILES string of the molecule is C=C(F)C(=O)N1CCN(c2nc(OC[C@@H]3CCCN3C)nc3cc(-c4nc(N)cc(C)c4C(F)(F)F)c(Cl)cc23)CC1CC#N. The number of ether oxygens (including phenoxy) is 1. The summed E-state index contributed by atoms with van der Waals surface area (Å²) in [4.78, 5) is 30.9. The van der Waals surface area contributed by atoms with Gasteiger partial charge in [0.05, 0.1) is 40.3 Å². The molecular weight excluding hydrogens is 616 g/mol. The molecule has 2 saturated heterocycles. The number of aryl methyl sites for hydroxylation is 1. The summed E-state index contributed by atoms with van der Waals surface area (Å²) in [6, 6.07) is 5.47. The lowest BCUT2D eigenvalue weighted by molar-refractivity contribution is -0.137. The van der Waals surface area contributed by atoms with Crippen LogP contribution in [0.3, 0.4) is 0 Å². The number of amides is 1. The molecule has 2 aliphatic heterocycles. The number of carbonyl (C=O) groups is 1. The molecule has 1 amide bonds. The predicted octanol–water partition coefficient (Wildman–Crippen LogP) is 5.14.